The maximum atomic E-state index is 11.1. The minimum Gasteiger partial charge on any atom is -0.465 e. The topological polar surface area (TPSA) is 63.2 Å². The van der Waals surface area contributed by atoms with Gasteiger partial charge in [0.2, 0.25) is 0 Å². The Morgan fingerprint density at radius 1 is 0.917 bits per heavy atom. The number of hydrogen-bond acceptors (Lipinski definition) is 7. The van der Waals surface area contributed by atoms with Gasteiger partial charge in [0.1, 0.15) is 0 Å². The molecule has 0 unspecified atom stereocenters. The van der Waals surface area contributed by atoms with E-state index in [-0.39, 0.29) is 5.97 Å². The van der Waals surface area contributed by atoms with E-state index in [1.807, 2.05) is 0 Å². The Hall–Kier alpha value is -0.340. The molecule has 24 heavy (non-hydrogen) atoms. The molecular weight excluding hydrogens is 332 g/mol. The molecule has 0 atom stereocenters. The summed E-state index contributed by atoms with van der Waals surface area (Å²) in [5, 5.41) is 0. The number of hydrogen-bond donors (Lipinski definition) is 0. The van der Waals surface area contributed by atoms with E-state index in [2.05, 4.69) is 0 Å². The third kappa shape index (κ3) is 13.0. The van der Waals surface area contributed by atoms with Gasteiger partial charge < -0.3 is 23.7 Å². The zero-order valence-corrected chi connectivity index (χ0v) is 15.7. The van der Waals surface area contributed by atoms with E-state index >= 15 is 0 Å². The second kappa shape index (κ2) is 16.1. The van der Waals surface area contributed by atoms with Gasteiger partial charge in [0.15, 0.2) is 0 Å². The number of rotatable bonds is 15. The van der Waals surface area contributed by atoms with Gasteiger partial charge in [0.05, 0.1) is 64.0 Å². The summed E-state index contributed by atoms with van der Waals surface area (Å²) in [6, 6.07) is 0. The molecule has 0 bridgehead atoms. The van der Waals surface area contributed by atoms with Gasteiger partial charge in [-0.2, -0.15) is 0 Å². The van der Waals surface area contributed by atoms with Gasteiger partial charge in [0, 0.05) is 0 Å². The van der Waals surface area contributed by atoms with Crippen molar-refractivity contribution in [2.24, 2.45) is 0 Å². The highest BCUT2D eigenvalue weighted by Crippen LogP contribution is 2.19. The van der Waals surface area contributed by atoms with Gasteiger partial charge in [-0.1, -0.05) is 19.3 Å². The van der Waals surface area contributed by atoms with Crippen LogP contribution in [0.25, 0.3) is 0 Å². The fraction of sp³-hybridized carbons (Fsp3) is 0.941. The molecule has 6 nitrogen and oxygen atoms in total. The van der Waals surface area contributed by atoms with Crippen molar-refractivity contribution in [1.82, 2.24) is 0 Å². The molecule has 1 fully saturated rings. The number of ether oxygens (including phenoxy) is 5. The van der Waals surface area contributed by atoms with Crippen LogP contribution in [0.2, 0.25) is 0 Å². The third-order valence-corrected chi connectivity index (χ3v) is 4.34. The van der Waals surface area contributed by atoms with Crippen LogP contribution in [0, 0.1) is 0 Å². The Labute approximate surface area is 149 Å². The molecule has 1 aliphatic carbocycles. The molecule has 0 aromatic rings. The Morgan fingerprint density at radius 3 is 2.21 bits per heavy atom. The van der Waals surface area contributed by atoms with Gasteiger partial charge in [-0.3, -0.25) is 4.79 Å². The second-order valence-electron chi connectivity index (χ2n) is 5.54. The van der Waals surface area contributed by atoms with Gasteiger partial charge in [-0.25, -0.2) is 0 Å². The number of esters is 1. The van der Waals surface area contributed by atoms with Gasteiger partial charge in [0.25, 0.3) is 0 Å². The molecule has 0 N–H and O–H groups in total. The molecule has 0 aliphatic heterocycles. The summed E-state index contributed by atoms with van der Waals surface area (Å²) in [4.78, 5) is 11.1. The van der Waals surface area contributed by atoms with Crippen LogP contribution in [-0.2, 0) is 28.5 Å². The van der Waals surface area contributed by atoms with Crippen molar-refractivity contribution in [3.05, 3.63) is 0 Å². The van der Waals surface area contributed by atoms with Crippen molar-refractivity contribution in [3.63, 3.8) is 0 Å². The Bertz CT molecular complexity index is 297. The van der Waals surface area contributed by atoms with Crippen molar-refractivity contribution >= 4 is 17.7 Å². The lowest BCUT2D eigenvalue weighted by molar-refractivity contribution is -0.139. The van der Waals surface area contributed by atoms with Gasteiger partial charge in [-0.15, -0.1) is 11.8 Å². The first-order valence-corrected chi connectivity index (χ1v) is 10.1. The van der Waals surface area contributed by atoms with E-state index in [1.165, 1.54) is 43.9 Å². The molecule has 0 spiro atoms. The SMILES string of the molecule is CCOC(=O)CSCOCCOCCOCCOC1CCCCC1. The van der Waals surface area contributed by atoms with E-state index in [9.17, 15) is 4.79 Å². The predicted molar refractivity (Wildman–Crippen MR) is 94.4 cm³/mol. The van der Waals surface area contributed by atoms with E-state index in [1.54, 1.807) is 6.92 Å². The smallest absolute Gasteiger partial charge is 0.315 e. The largest absolute Gasteiger partial charge is 0.465 e. The van der Waals surface area contributed by atoms with E-state index in [4.69, 9.17) is 23.7 Å². The highest BCUT2D eigenvalue weighted by Gasteiger charge is 2.12. The number of thioether (sulfide) groups is 1. The van der Waals surface area contributed by atoms with E-state index in [0.29, 0.717) is 64.0 Å². The predicted octanol–water partition coefficient (Wildman–Crippen LogP) is 2.64. The monoisotopic (exact) mass is 364 g/mol. The van der Waals surface area contributed by atoms with Crippen molar-refractivity contribution in [2.45, 2.75) is 45.1 Å². The molecule has 142 valence electrons. The molecule has 7 heteroatoms. The lowest BCUT2D eigenvalue weighted by Gasteiger charge is -2.21. The fourth-order valence-corrected chi connectivity index (χ4v) is 2.96. The minimum absolute atomic E-state index is 0.202. The van der Waals surface area contributed by atoms with E-state index in [0.717, 1.165) is 0 Å². The first-order valence-electron chi connectivity index (χ1n) is 8.91. The van der Waals surface area contributed by atoms with Gasteiger partial charge in [-0.05, 0) is 19.8 Å². The minimum atomic E-state index is -0.202. The Morgan fingerprint density at radius 2 is 1.54 bits per heavy atom. The van der Waals surface area contributed by atoms with Crippen LogP contribution in [0.1, 0.15) is 39.0 Å². The number of carbonyl (C=O) groups excluding carboxylic acids is 1. The maximum Gasteiger partial charge on any atom is 0.315 e. The summed E-state index contributed by atoms with van der Waals surface area (Å²) >= 11 is 1.40. The molecule has 0 saturated heterocycles. The van der Waals surface area contributed by atoms with E-state index < -0.39 is 0 Å². The average Bonchev–Trinajstić information content (AvgIpc) is 2.60. The van der Waals surface area contributed by atoms with Crippen molar-refractivity contribution in [1.29, 1.82) is 0 Å². The first kappa shape index (κ1) is 21.7. The maximum absolute atomic E-state index is 11.1. The van der Waals surface area contributed by atoms with Crippen LogP contribution in [0.4, 0.5) is 0 Å². The quantitative estimate of drug-likeness (QED) is 0.251. The van der Waals surface area contributed by atoms with Crippen LogP contribution >= 0.6 is 11.8 Å². The molecule has 1 rings (SSSR count). The lowest BCUT2D eigenvalue weighted by atomic mass is 9.98. The van der Waals surface area contributed by atoms with Gasteiger partial charge >= 0.3 is 5.97 Å². The second-order valence-corrected chi connectivity index (χ2v) is 6.47. The first-order chi connectivity index (χ1) is 11.8. The van der Waals surface area contributed by atoms with Crippen LogP contribution in [0.3, 0.4) is 0 Å². The summed E-state index contributed by atoms with van der Waals surface area (Å²) in [5.41, 5.74) is 0. The highest BCUT2D eigenvalue weighted by molar-refractivity contribution is 7.99. The van der Waals surface area contributed by atoms with Crippen molar-refractivity contribution in [2.75, 3.05) is 57.9 Å². The lowest BCUT2D eigenvalue weighted by Crippen LogP contribution is -2.19. The normalized spacial score (nSPS) is 15.5. The zero-order valence-electron chi connectivity index (χ0n) is 14.8. The molecule has 0 heterocycles. The van der Waals surface area contributed by atoms with Crippen molar-refractivity contribution < 1.29 is 28.5 Å². The fourth-order valence-electron chi connectivity index (χ4n) is 2.39. The standard InChI is InChI=1S/C17H32O6S/c1-2-22-17(18)14-24-15-21-11-10-19-8-9-20-12-13-23-16-6-4-3-5-7-16/h16H,2-15H2,1H3. The summed E-state index contributed by atoms with van der Waals surface area (Å²) in [6.07, 6.45) is 6.77. The molecule has 0 amide bonds. The Balaban J connectivity index is 1.71. The van der Waals surface area contributed by atoms with Crippen LogP contribution in [0.5, 0.6) is 0 Å². The van der Waals surface area contributed by atoms with Crippen LogP contribution in [-0.4, -0.2) is 70.0 Å². The zero-order chi connectivity index (χ0) is 17.3. The molecule has 0 aromatic heterocycles. The van der Waals surface area contributed by atoms with Crippen LogP contribution < -0.4 is 0 Å². The summed E-state index contributed by atoms with van der Waals surface area (Å²) < 4.78 is 26.8. The molecule has 0 aromatic carbocycles. The summed E-state index contributed by atoms with van der Waals surface area (Å²) in [5.74, 6) is 0.592. The molecule has 1 saturated carbocycles. The molecule has 1 aliphatic rings. The number of carbonyl (C=O) groups is 1. The average molecular weight is 365 g/mol. The summed E-state index contributed by atoms with van der Waals surface area (Å²) in [6.45, 7) is 5.69. The molecule has 0 radical (unpaired) electrons. The van der Waals surface area contributed by atoms with Crippen LogP contribution in [0.15, 0.2) is 0 Å². The van der Waals surface area contributed by atoms with Crippen molar-refractivity contribution in [3.8, 4) is 0 Å². The molecular formula is C17H32O6S. The highest BCUT2D eigenvalue weighted by atomic mass is 32.2. The Kier molecular flexibility index (Phi) is 14.6. The summed E-state index contributed by atoms with van der Waals surface area (Å²) in [7, 11) is 0. The third-order valence-electron chi connectivity index (χ3n) is 3.57.